The Morgan fingerprint density at radius 3 is 3.00 bits per heavy atom. The molecule has 0 saturated carbocycles. The van der Waals surface area contributed by atoms with E-state index in [0.29, 0.717) is 17.1 Å². The molecule has 2 amide bonds. The van der Waals surface area contributed by atoms with Crippen LogP contribution in [0.15, 0.2) is 18.2 Å². The molecule has 0 aliphatic carbocycles. The molecule has 0 saturated heterocycles. The molecule has 1 aliphatic heterocycles. The molecule has 6 heteroatoms. The average molecular weight is 249 g/mol. The number of rotatable bonds is 3. The topological polar surface area (TPSA) is 79.5 Å². The third kappa shape index (κ3) is 2.60. The maximum absolute atomic E-state index is 11.5. The highest BCUT2D eigenvalue weighted by Crippen LogP contribution is 2.31. The lowest BCUT2D eigenvalue weighted by molar-refractivity contribution is -0.122. The van der Waals surface area contributed by atoms with Gasteiger partial charge in [-0.25, -0.2) is 0 Å². The van der Waals surface area contributed by atoms with Crippen LogP contribution in [0.25, 0.3) is 0 Å². The van der Waals surface area contributed by atoms with Gasteiger partial charge in [-0.1, -0.05) is 0 Å². The molecule has 0 aromatic heterocycles. The van der Waals surface area contributed by atoms with Crippen molar-refractivity contribution in [2.24, 2.45) is 0 Å². The molecule has 18 heavy (non-hydrogen) atoms. The molecule has 0 spiro atoms. The number of carbonyl (C=O) groups excluding carboxylic acids is 2. The molecule has 1 heterocycles. The van der Waals surface area contributed by atoms with Crippen LogP contribution in [0.2, 0.25) is 0 Å². The van der Waals surface area contributed by atoms with Crippen molar-refractivity contribution < 1.29 is 14.3 Å². The van der Waals surface area contributed by atoms with Crippen LogP contribution in [-0.2, 0) is 9.59 Å². The number of amides is 2. The van der Waals surface area contributed by atoms with E-state index in [2.05, 4.69) is 16.0 Å². The van der Waals surface area contributed by atoms with Crippen molar-refractivity contribution in [2.75, 3.05) is 24.2 Å². The average Bonchev–Trinajstić information content (AvgIpc) is 2.31. The molecule has 0 fully saturated rings. The van der Waals surface area contributed by atoms with Crippen LogP contribution < -0.4 is 20.7 Å². The van der Waals surface area contributed by atoms with Crippen LogP contribution >= 0.6 is 0 Å². The second kappa shape index (κ2) is 5.05. The summed E-state index contributed by atoms with van der Waals surface area (Å²) >= 11 is 0. The molecule has 1 aliphatic rings. The zero-order valence-electron chi connectivity index (χ0n) is 10.2. The number of carbonyl (C=O) groups is 2. The highest BCUT2D eigenvalue weighted by atomic mass is 16.5. The van der Waals surface area contributed by atoms with Crippen LogP contribution in [0, 0.1) is 0 Å². The van der Waals surface area contributed by atoms with Crippen molar-refractivity contribution in [3.8, 4) is 5.75 Å². The van der Waals surface area contributed by atoms with Crippen molar-refractivity contribution in [2.45, 2.75) is 13.0 Å². The van der Waals surface area contributed by atoms with Crippen molar-refractivity contribution in [3.05, 3.63) is 18.2 Å². The summed E-state index contributed by atoms with van der Waals surface area (Å²) in [6.07, 6.45) is -0.498. The largest absolute Gasteiger partial charge is 0.479 e. The Labute approximate surface area is 105 Å². The van der Waals surface area contributed by atoms with Gasteiger partial charge in [0.2, 0.25) is 5.91 Å². The van der Waals surface area contributed by atoms with E-state index in [9.17, 15) is 9.59 Å². The third-order valence-electron chi connectivity index (χ3n) is 2.53. The minimum absolute atomic E-state index is 0.145. The van der Waals surface area contributed by atoms with Crippen LogP contribution in [0.4, 0.5) is 11.4 Å². The Balaban J connectivity index is 2.15. The van der Waals surface area contributed by atoms with E-state index in [1.807, 2.05) is 0 Å². The summed E-state index contributed by atoms with van der Waals surface area (Å²) in [5.41, 5.74) is 1.19. The number of anilines is 2. The van der Waals surface area contributed by atoms with Gasteiger partial charge in [-0.15, -0.1) is 0 Å². The summed E-state index contributed by atoms with van der Waals surface area (Å²) in [6, 6.07) is 5.13. The Bertz CT molecular complexity index is 487. The lowest BCUT2D eigenvalue weighted by Crippen LogP contribution is -2.34. The Morgan fingerprint density at radius 2 is 2.28 bits per heavy atom. The predicted molar refractivity (Wildman–Crippen MR) is 67.7 cm³/mol. The number of fused-ring (bicyclic) bond motifs is 1. The highest BCUT2D eigenvalue weighted by Gasteiger charge is 2.23. The molecule has 1 aromatic carbocycles. The lowest BCUT2D eigenvalue weighted by Gasteiger charge is -2.23. The standard InChI is InChI=1S/C12H15N3O3/c1-7-12(17)15-9-5-8(3-4-10(9)18-7)14-11(16)6-13-2/h3-5,7,13H,6H2,1-2H3,(H,14,16)(H,15,17). The minimum Gasteiger partial charge on any atom is -0.479 e. The Hall–Kier alpha value is -2.08. The van der Waals surface area contributed by atoms with Crippen LogP contribution in [0.3, 0.4) is 0 Å². The zero-order valence-corrected chi connectivity index (χ0v) is 10.2. The second-order valence-electron chi connectivity index (χ2n) is 4.04. The van der Waals surface area contributed by atoms with Gasteiger partial charge in [0, 0.05) is 5.69 Å². The number of benzene rings is 1. The van der Waals surface area contributed by atoms with Gasteiger partial charge < -0.3 is 20.7 Å². The minimum atomic E-state index is -0.498. The predicted octanol–water partition coefficient (Wildman–Crippen LogP) is 0.564. The molecule has 6 nitrogen and oxygen atoms in total. The van der Waals surface area contributed by atoms with Gasteiger partial charge >= 0.3 is 0 Å². The fraction of sp³-hybridized carbons (Fsp3) is 0.333. The van der Waals surface area contributed by atoms with Gasteiger partial charge in [0.05, 0.1) is 12.2 Å². The first-order chi connectivity index (χ1) is 8.60. The SMILES string of the molecule is CNCC(=O)Nc1ccc2c(c1)NC(=O)C(C)O2. The summed E-state index contributed by atoms with van der Waals surface area (Å²) in [4.78, 5) is 22.9. The van der Waals surface area contributed by atoms with E-state index >= 15 is 0 Å². The second-order valence-corrected chi connectivity index (χ2v) is 4.04. The number of ether oxygens (including phenoxy) is 1. The first-order valence-electron chi connectivity index (χ1n) is 5.66. The number of likely N-dealkylation sites (N-methyl/N-ethyl adjacent to an activating group) is 1. The highest BCUT2D eigenvalue weighted by molar-refractivity contribution is 5.99. The molecule has 96 valence electrons. The molecule has 2 rings (SSSR count). The van der Waals surface area contributed by atoms with Crippen molar-refractivity contribution >= 4 is 23.2 Å². The Morgan fingerprint density at radius 1 is 1.50 bits per heavy atom. The van der Waals surface area contributed by atoms with E-state index < -0.39 is 6.10 Å². The van der Waals surface area contributed by atoms with Crippen molar-refractivity contribution in [3.63, 3.8) is 0 Å². The van der Waals surface area contributed by atoms with Gasteiger partial charge in [0.15, 0.2) is 6.10 Å². The summed E-state index contributed by atoms with van der Waals surface area (Å²) in [6.45, 7) is 1.91. The van der Waals surface area contributed by atoms with Gasteiger partial charge in [0.1, 0.15) is 5.75 Å². The van der Waals surface area contributed by atoms with Gasteiger partial charge in [-0.2, -0.15) is 0 Å². The van der Waals surface area contributed by atoms with E-state index in [0.717, 1.165) is 0 Å². The van der Waals surface area contributed by atoms with E-state index in [1.165, 1.54) is 0 Å². The molecular weight excluding hydrogens is 234 g/mol. The fourth-order valence-electron chi connectivity index (χ4n) is 1.65. The van der Waals surface area contributed by atoms with Crippen molar-refractivity contribution in [1.82, 2.24) is 5.32 Å². The lowest BCUT2D eigenvalue weighted by atomic mass is 10.2. The molecular formula is C12H15N3O3. The van der Waals surface area contributed by atoms with Crippen LogP contribution in [0.5, 0.6) is 5.75 Å². The molecule has 3 N–H and O–H groups in total. The van der Waals surface area contributed by atoms with Gasteiger partial charge in [-0.3, -0.25) is 9.59 Å². The Kier molecular flexibility index (Phi) is 3.47. The molecule has 0 radical (unpaired) electrons. The fourth-order valence-corrected chi connectivity index (χ4v) is 1.65. The molecule has 1 unspecified atom stereocenters. The number of hydrogen-bond acceptors (Lipinski definition) is 4. The summed E-state index contributed by atoms with van der Waals surface area (Å²) in [5.74, 6) is 0.267. The number of nitrogens with one attached hydrogen (secondary N) is 3. The van der Waals surface area contributed by atoms with Gasteiger partial charge in [0.25, 0.3) is 5.91 Å². The van der Waals surface area contributed by atoms with E-state index in [1.54, 1.807) is 32.2 Å². The van der Waals surface area contributed by atoms with Crippen LogP contribution in [-0.4, -0.2) is 31.5 Å². The summed E-state index contributed by atoms with van der Waals surface area (Å²) in [5, 5.41) is 8.19. The number of hydrogen-bond donors (Lipinski definition) is 3. The first-order valence-corrected chi connectivity index (χ1v) is 5.66. The normalized spacial score (nSPS) is 17.4. The van der Waals surface area contributed by atoms with Crippen LogP contribution in [0.1, 0.15) is 6.92 Å². The zero-order chi connectivity index (χ0) is 13.1. The quantitative estimate of drug-likeness (QED) is 0.731. The molecule has 1 aromatic rings. The monoisotopic (exact) mass is 249 g/mol. The molecule has 0 bridgehead atoms. The summed E-state index contributed by atoms with van der Waals surface area (Å²) < 4.78 is 5.41. The smallest absolute Gasteiger partial charge is 0.265 e. The summed E-state index contributed by atoms with van der Waals surface area (Å²) in [7, 11) is 1.70. The van der Waals surface area contributed by atoms with E-state index in [-0.39, 0.29) is 18.4 Å². The maximum atomic E-state index is 11.5. The maximum Gasteiger partial charge on any atom is 0.265 e. The van der Waals surface area contributed by atoms with Crippen molar-refractivity contribution in [1.29, 1.82) is 0 Å². The first kappa shape index (κ1) is 12.4. The van der Waals surface area contributed by atoms with E-state index in [4.69, 9.17) is 4.74 Å². The van der Waals surface area contributed by atoms with Gasteiger partial charge in [-0.05, 0) is 32.2 Å². The third-order valence-corrected chi connectivity index (χ3v) is 2.53. The molecule has 1 atom stereocenters.